The Kier molecular flexibility index (Phi) is 5.40. The van der Waals surface area contributed by atoms with Crippen LogP contribution in [0.3, 0.4) is 0 Å². The molecule has 0 N–H and O–H groups in total. The van der Waals surface area contributed by atoms with Gasteiger partial charge in [0.1, 0.15) is 6.61 Å². The molecule has 130 valence electrons. The van der Waals surface area contributed by atoms with E-state index in [4.69, 9.17) is 9.15 Å². The lowest BCUT2D eigenvalue weighted by Crippen LogP contribution is -2.15. The maximum Gasteiger partial charge on any atom is 0.338 e. The summed E-state index contributed by atoms with van der Waals surface area (Å²) in [5.41, 5.74) is 2.04. The molecule has 0 fully saturated rings. The molecule has 3 aromatic rings. The van der Waals surface area contributed by atoms with E-state index in [0.29, 0.717) is 29.3 Å². The number of rotatable bonds is 6. The minimum atomic E-state index is -0.489. The van der Waals surface area contributed by atoms with Crippen molar-refractivity contribution in [2.24, 2.45) is 5.92 Å². The Labute approximate surface area is 151 Å². The molecule has 0 spiro atoms. The number of benzene rings is 2. The molecule has 2 aromatic carbocycles. The molecule has 0 bridgehead atoms. The predicted molar refractivity (Wildman–Crippen MR) is 94.0 cm³/mol. The first-order valence-electron chi connectivity index (χ1n) is 8.17. The molecule has 1 heterocycles. The zero-order valence-corrected chi connectivity index (χ0v) is 14.3. The number of carbonyl (C=O) groups excluding carboxylic acids is 1. The summed E-state index contributed by atoms with van der Waals surface area (Å²) in [6.45, 7) is 1.73. The number of ether oxygens (including phenoxy) is 1. The molecule has 0 aliphatic carbocycles. The normalized spacial score (nSPS) is 11.5. The molecule has 6 nitrogen and oxygen atoms in total. The highest BCUT2D eigenvalue weighted by Crippen LogP contribution is 2.19. The molecule has 3 rings (SSSR count). The van der Waals surface area contributed by atoms with Crippen LogP contribution in [0.25, 0.3) is 11.5 Å². The molecular weight excluding hydrogens is 330 g/mol. The standard InChI is InChI=1S/C20H17N3O3/c1-14-22-23-19(26-14)17-8-5-9-18(11-17)20(24)25-13-16(12-21)10-15-6-3-2-4-7-15/h2-9,11,16H,10,13H2,1H3. The second-order valence-corrected chi connectivity index (χ2v) is 5.82. The van der Waals surface area contributed by atoms with Gasteiger partial charge < -0.3 is 9.15 Å². The van der Waals surface area contributed by atoms with E-state index in [2.05, 4.69) is 16.3 Å². The predicted octanol–water partition coefficient (Wildman–Crippen LogP) is 3.58. The van der Waals surface area contributed by atoms with Gasteiger partial charge in [0.15, 0.2) is 0 Å². The third kappa shape index (κ3) is 4.33. The minimum Gasteiger partial charge on any atom is -0.461 e. The van der Waals surface area contributed by atoms with Gasteiger partial charge in [-0.25, -0.2) is 4.79 Å². The quantitative estimate of drug-likeness (QED) is 0.633. The lowest BCUT2D eigenvalue weighted by molar-refractivity contribution is 0.0468. The summed E-state index contributed by atoms with van der Waals surface area (Å²) in [5, 5.41) is 17.0. The molecule has 0 saturated carbocycles. The Balaban J connectivity index is 1.63. The van der Waals surface area contributed by atoms with E-state index >= 15 is 0 Å². The van der Waals surface area contributed by atoms with Crippen molar-refractivity contribution in [2.45, 2.75) is 13.3 Å². The summed E-state index contributed by atoms with van der Waals surface area (Å²) in [6.07, 6.45) is 0.534. The van der Waals surface area contributed by atoms with Crippen LogP contribution in [0, 0.1) is 24.2 Å². The van der Waals surface area contributed by atoms with Crippen molar-refractivity contribution in [3.63, 3.8) is 0 Å². The molecule has 0 radical (unpaired) electrons. The van der Waals surface area contributed by atoms with Crippen molar-refractivity contribution in [1.29, 1.82) is 5.26 Å². The first-order valence-corrected chi connectivity index (χ1v) is 8.17. The number of hydrogen-bond acceptors (Lipinski definition) is 6. The molecule has 0 aliphatic rings. The first-order chi connectivity index (χ1) is 12.7. The van der Waals surface area contributed by atoms with Gasteiger partial charge in [-0.15, -0.1) is 10.2 Å². The fourth-order valence-corrected chi connectivity index (χ4v) is 2.49. The molecular formula is C20H17N3O3. The Hall–Kier alpha value is -3.46. The monoisotopic (exact) mass is 347 g/mol. The molecule has 1 unspecified atom stereocenters. The molecule has 1 aromatic heterocycles. The number of carbonyl (C=O) groups is 1. The molecule has 0 aliphatic heterocycles. The van der Waals surface area contributed by atoms with Gasteiger partial charge in [-0.3, -0.25) is 0 Å². The number of hydrogen-bond donors (Lipinski definition) is 0. The van der Waals surface area contributed by atoms with Crippen molar-refractivity contribution in [1.82, 2.24) is 10.2 Å². The Morgan fingerprint density at radius 1 is 1.19 bits per heavy atom. The highest BCUT2D eigenvalue weighted by Gasteiger charge is 2.15. The van der Waals surface area contributed by atoms with Gasteiger partial charge in [-0.2, -0.15) is 5.26 Å². The topological polar surface area (TPSA) is 89.0 Å². The molecule has 26 heavy (non-hydrogen) atoms. The Morgan fingerprint density at radius 2 is 2.00 bits per heavy atom. The molecule has 1 atom stereocenters. The number of aryl methyl sites for hydroxylation is 1. The highest BCUT2D eigenvalue weighted by molar-refractivity contribution is 5.90. The fraction of sp³-hybridized carbons (Fsp3) is 0.200. The molecule has 0 saturated heterocycles. The molecule has 6 heteroatoms. The Morgan fingerprint density at radius 3 is 2.69 bits per heavy atom. The summed E-state index contributed by atoms with van der Waals surface area (Å²) in [5.74, 6) is -0.0959. The van der Waals surface area contributed by atoms with Gasteiger partial charge in [0, 0.05) is 12.5 Å². The van der Waals surface area contributed by atoms with Crippen LogP contribution in [0.15, 0.2) is 59.0 Å². The van der Waals surface area contributed by atoms with Gasteiger partial charge in [0.2, 0.25) is 11.8 Å². The van der Waals surface area contributed by atoms with Gasteiger partial charge >= 0.3 is 5.97 Å². The van der Waals surface area contributed by atoms with Crippen LogP contribution in [-0.2, 0) is 11.2 Å². The summed E-state index contributed by atoms with van der Waals surface area (Å²) in [4.78, 5) is 12.3. The number of nitriles is 1. The van der Waals surface area contributed by atoms with Crippen LogP contribution in [0.2, 0.25) is 0 Å². The van der Waals surface area contributed by atoms with Gasteiger partial charge in [0.05, 0.1) is 17.6 Å². The van der Waals surface area contributed by atoms with Gasteiger partial charge in [0.25, 0.3) is 0 Å². The van der Waals surface area contributed by atoms with E-state index < -0.39 is 11.9 Å². The summed E-state index contributed by atoms with van der Waals surface area (Å²) in [7, 11) is 0. The third-order valence-corrected chi connectivity index (χ3v) is 3.79. The largest absolute Gasteiger partial charge is 0.461 e. The van der Waals surface area contributed by atoms with E-state index in [-0.39, 0.29) is 6.61 Å². The van der Waals surface area contributed by atoms with E-state index in [9.17, 15) is 10.1 Å². The van der Waals surface area contributed by atoms with Crippen LogP contribution >= 0.6 is 0 Å². The summed E-state index contributed by atoms with van der Waals surface area (Å²) < 4.78 is 10.7. The van der Waals surface area contributed by atoms with Crippen LogP contribution in [0.4, 0.5) is 0 Å². The highest BCUT2D eigenvalue weighted by atomic mass is 16.5. The second kappa shape index (κ2) is 8.08. The van der Waals surface area contributed by atoms with Crippen LogP contribution in [0.1, 0.15) is 21.8 Å². The van der Waals surface area contributed by atoms with Crippen molar-refractivity contribution in [2.75, 3.05) is 6.61 Å². The van der Waals surface area contributed by atoms with Gasteiger partial charge in [-0.05, 0) is 30.2 Å². The van der Waals surface area contributed by atoms with E-state index in [1.165, 1.54) is 0 Å². The maximum absolute atomic E-state index is 12.3. The summed E-state index contributed by atoms with van der Waals surface area (Å²) >= 11 is 0. The van der Waals surface area contributed by atoms with Crippen LogP contribution in [0.5, 0.6) is 0 Å². The van der Waals surface area contributed by atoms with Crippen molar-refractivity contribution in [3.8, 4) is 17.5 Å². The second-order valence-electron chi connectivity index (χ2n) is 5.82. The Bertz CT molecular complexity index is 929. The third-order valence-electron chi connectivity index (χ3n) is 3.79. The average molecular weight is 347 g/mol. The van der Waals surface area contributed by atoms with Gasteiger partial charge in [-0.1, -0.05) is 36.4 Å². The summed E-state index contributed by atoms with van der Waals surface area (Å²) in [6, 6.07) is 18.6. The molecule has 0 amide bonds. The lowest BCUT2D eigenvalue weighted by atomic mass is 10.0. The van der Waals surface area contributed by atoms with Crippen LogP contribution < -0.4 is 0 Å². The number of nitrogens with zero attached hydrogens (tertiary/aromatic N) is 3. The average Bonchev–Trinajstić information content (AvgIpc) is 3.12. The van der Waals surface area contributed by atoms with Crippen molar-refractivity contribution < 1.29 is 13.9 Å². The van der Waals surface area contributed by atoms with E-state index in [0.717, 1.165) is 5.56 Å². The number of aromatic nitrogens is 2. The number of esters is 1. The zero-order valence-electron chi connectivity index (χ0n) is 14.3. The van der Waals surface area contributed by atoms with Crippen molar-refractivity contribution in [3.05, 3.63) is 71.6 Å². The van der Waals surface area contributed by atoms with E-state index in [1.807, 2.05) is 30.3 Å². The first kappa shape index (κ1) is 17.4. The smallest absolute Gasteiger partial charge is 0.338 e. The minimum absolute atomic E-state index is 0.0358. The van der Waals surface area contributed by atoms with E-state index in [1.54, 1.807) is 31.2 Å². The lowest BCUT2D eigenvalue weighted by Gasteiger charge is -2.10. The zero-order chi connectivity index (χ0) is 18.4. The maximum atomic E-state index is 12.3. The SMILES string of the molecule is Cc1nnc(-c2cccc(C(=O)OCC(C#N)Cc3ccccc3)c2)o1. The van der Waals surface area contributed by atoms with Crippen molar-refractivity contribution >= 4 is 5.97 Å². The fourth-order valence-electron chi connectivity index (χ4n) is 2.49. The van der Waals surface area contributed by atoms with Crippen LogP contribution in [-0.4, -0.2) is 22.8 Å².